The van der Waals surface area contributed by atoms with Crippen LogP contribution in [0, 0.1) is 5.82 Å². The Kier molecular flexibility index (Phi) is 5.92. The van der Waals surface area contributed by atoms with Crippen LogP contribution < -0.4 is 21.7 Å². The Labute approximate surface area is 166 Å². The number of fused-ring (bicyclic) bond motifs is 1. The zero-order valence-corrected chi connectivity index (χ0v) is 16.1. The summed E-state index contributed by atoms with van der Waals surface area (Å²) in [5.74, 6) is -1.41. The molecule has 0 spiro atoms. The van der Waals surface area contributed by atoms with Gasteiger partial charge >= 0.3 is 5.63 Å². The zero-order valence-electron chi connectivity index (χ0n) is 16.1. The van der Waals surface area contributed by atoms with E-state index in [1.165, 1.54) is 18.2 Å². The fraction of sp³-hybridized carbons (Fsp3) is 0.190. The number of hydrogen-bond donors (Lipinski definition) is 2. The summed E-state index contributed by atoms with van der Waals surface area (Å²) < 4.78 is 18.6. The number of nitrogens with one attached hydrogen (secondary N) is 1. The molecule has 0 saturated heterocycles. The van der Waals surface area contributed by atoms with E-state index in [0.717, 1.165) is 24.8 Å². The Balaban J connectivity index is 1.87. The lowest BCUT2D eigenvalue weighted by molar-refractivity contribution is 0.0954. The number of amides is 1. The molecule has 1 heterocycles. The molecule has 0 aliphatic rings. The second-order valence-electron chi connectivity index (χ2n) is 6.29. The summed E-state index contributed by atoms with van der Waals surface area (Å²) in [6, 6.07) is 12.2. The second-order valence-corrected chi connectivity index (χ2v) is 6.29. The first-order valence-electron chi connectivity index (χ1n) is 9.15. The number of nitrogens with two attached hydrogens (primary N) is 1. The number of halogens is 1. The minimum absolute atomic E-state index is 0.0210. The quantitative estimate of drug-likeness (QED) is 0.289. The van der Waals surface area contributed by atoms with Crippen molar-refractivity contribution in [3.63, 3.8) is 0 Å². The first kappa shape index (κ1) is 20.1. The first-order chi connectivity index (χ1) is 13.9. The molecule has 8 heteroatoms. The molecular weight excluding hydrogens is 375 g/mol. The van der Waals surface area contributed by atoms with Crippen molar-refractivity contribution < 1.29 is 13.6 Å². The van der Waals surface area contributed by atoms with Gasteiger partial charge in [-0.1, -0.05) is 6.07 Å². The Morgan fingerprint density at radius 1 is 1.17 bits per heavy atom. The van der Waals surface area contributed by atoms with E-state index in [1.54, 1.807) is 12.1 Å². The average Bonchev–Trinajstić information content (AvgIpc) is 2.72. The molecule has 2 aromatic carbocycles. The Morgan fingerprint density at radius 3 is 2.62 bits per heavy atom. The SMILES string of the molecule is CCN(CC)c1ccc2cc(/C(N)=N/NC(=O)c3cccc(F)c3)c(=O)oc2c1. The summed E-state index contributed by atoms with van der Waals surface area (Å²) in [4.78, 5) is 26.5. The van der Waals surface area contributed by atoms with E-state index in [2.05, 4.69) is 15.4 Å². The lowest BCUT2D eigenvalue weighted by Crippen LogP contribution is -2.27. The van der Waals surface area contributed by atoms with Gasteiger partial charge in [-0.25, -0.2) is 14.6 Å². The molecule has 0 radical (unpaired) electrons. The number of nitrogens with zero attached hydrogens (tertiary/aromatic N) is 2. The molecule has 0 saturated carbocycles. The highest BCUT2D eigenvalue weighted by Gasteiger charge is 2.12. The van der Waals surface area contributed by atoms with Crippen molar-refractivity contribution in [2.75, 3.05) is 18.0 Å². The van der Waals surface area contributed by atoms with Crippen LogP contribution >= 0.6 is 0 Å². The summed E-state index contributed by atoms with van der Waals surface area (Å²) in [5, 5.41) is 4.42. The minimum atomic E-state index is -0.671. The standard InChI is InChI=1S/C21H21FN4O3/c1-3-26(4-2)16-9-8-13-11-17(21(28)29-18(13)12-16)19(23)24-25-20(27)14-6-5-7-15(22)10-14/h5-12H,3-4H2,1-2H3,(H2,23,24)(H,25,27). The number of amidine groups is 1. The maximum Gasteiger partial charge on any atom is 0.347 e. The van der Waals surface area contributed by atoms with E-state index in [0.29, 0.717) is 11.0 Å². The highest BCUT2D eigenvalue weighted by atomic mass is 19.1. The summed E-state index contributed by atoms with van der Waals surface area (Å²) in [6.07, 6.45) is 0. The number of carbonyl (C=O) groups excluding carboxylic acids is 1. The molecule has 0 aliphatic heterocycles. The molecule has 0 bridgehead atoms. The molecule has 150 valence electrons. The molecule has 1 aromatic heterocycles. The molecule has 3 N–H and O–H groups in total. The first-order valence-corrected chi connectivity index (χ1v) is 9.15. The topological polar surface area (TPSA) is 101 Å². The summed E-state index contributed by atoms with van der Waals surface area (Å²) in [7, 11) is 0. The Morgan fingerprint density at radius 2 is 1.93 bits per heavy atom. The molecule has 7 nitrogen and oxygen atoms in total. The monoisotopic (exact) mass is 396 g/mol. The molecule has 3 rings (SSSR count). The summed E-state index contributed by atoms with van der Waals surface area (Å²) >= 11 is 0. The number of benzene rings is 2. The predicted octanol–water partition coefficient (Wildman–Crippen LogP) is 2.83. The third kappa shape index (κ3) is 4.43. The van der Waals surface area contributed by atoms with Gasteiger partial charge in [-0.3, -0.25) is 4.79 Å². The van der Waals surface area contributed by atoms with Gasteiger partial charge in [-0.05, 0) is 50.2 Å². The molecule has 0 aliphatic carbocycles. The van der Waals surface area contributed by atoms with Crippen molar-refractivity contribution in [3.05, 3.63) is 75.9 Å². The lowest BCUT2D eigenvalue weighted by Gasteiger charge is -2.21. The number of hydrazone groups is 1. The minimum Gasteiger partial charge on any atom is -0.422 e. The number of rotatable bonds is 6. The fourth-order valence-electron chi connectivity index (χ4n) is 2.93. The molecule has 0 atom stereocenters. The van der Waals surface area contributed by atoms with Crippen molar-refractivity contribution in [1.82, 2.24) is 5.43 Å². The van der Waals surface area contributed by atoms with E-state index in [4.69, 9.17) is 10.2 Å². The van der Waals surface area contributed by atoms with Crippen LogP contribution in [0.25, 0.3) is 11.0 Å². The highest BCUT2D eigenvalue weighted by Crippen LogP contribution is 2.21. The second kappa shape index (κ2) is 8.55. The fourth-order valence-corrected chi connectivity index (χ4v) is 2.93. The Bertz CT molecular complexity index is 1140. The predicted molar refractivity (Wildman–Crippen MR) is 111 cm³/mol. The van der Waals surface area contributed by atoms with Gasteiger partial charge in [0.05, 0.1) is 0 Å². The average molecular weight is 396 g/mol. The van der Waals surface area contributed by atoms with Crippen molar-refractivity contribution in [3.8, 4) is 0 Å². The maximum atomic E-state index is 13.2. The molecule has 0 fully saturated rings. The van der Waals surface area contributed by atoms with Crippen LogP contribution in [-0.2, 0) is 0 Å². The Hall–Kier alpha value is -3.68. The van der Waals surface area contributed by atoms with Gasteiger partial charge in [0.2, 0.25) is 0 Å². The molecule has 1 amide bonds. The van der Waals surface area contributed by atoms with Crippen LogP contribution in [-0.4, -0.2) is 24.8 Å². The smallest absolute Gasteiger partial charge is 0.347 e. The van der Waals surface area contributed by atoms with E-state index in [1.807, 2.05) is 26.0 Å². The van der Waals surface area contributed by atoms with E-state index >= 15 is 0 Å². The van der Waals surface area contributed by atoms with Gasteiger partial charge in [-0.15, -0.1) is 0 Å². The van der Waals surface area contributed by atoms with Crippen molar-refractivity contribution in [2.45, 2.75) is 13.8 Å². The van der Waals surface area contributed by atoms with Gasteiger partial charge in [0.15, 0.2) is 5.84 Å². The van der Waals surface area contributed by atoms with Crippen molar-refractivity contribution in [1.29, 1.82) is 0 Å². The van der Waals surface area contributed by atoms with Gasteiger partial charge < -0.3 is 15.1 Å². The van der Waals surface area contributed by atoms with E-state index in [9.17, 15) is 14.0 Å². The lowest BCUT2D eigenvalue weighted by atomic mass is 10.1. The van der Waals surface area contributed by atoms with Crippen LogP contribution in [0.3, 0.4) is 0 Å². The van der Waals surface area contributed by atoms with Crippen LogP contribution in [0.15, 0.2) is 62.8 Å². The van der Waals surface area contributed by atoms with Crippen LogP contribution in [0.5, 0.6) is 0 Å². The van der Waals surface area contributed by atoms with Gasteiger partial charge in [0.25, 0.3) is 5.91 Å². The number of anilines is 1. The highest BCUT2D eigenvalue weighted by molar-refractivity contribution is 6.01. The largest absolute Gasteiger partial charge is 0.422 e. The van der Waals surface area contributed by atoms with Crippen LogP contribution in [0.1, 0.15) is 29.8 Å². The molecular formula is C21H21FN4O3. The van der Waals surface area contributed by atoms with Gasteiger partial charge in [0, 0.05) is 35.8 Å². The van der Waals surface area contributed by atoms with Gasteiger partial charge in [0.1, 0.15) is 17.0 Å². The molecule has 3 aromatic rings. The zero-order chi connectivity index (χ0) is 21.0. The summed E-state index contributed by atoms with van der Waals surface area (Å²) in [6.45, 7) is 5.74. The third-order valence-corrected chi connectivity index (χ3v) is 4.49. The summed E-state index contributed by atoms with van der Waals surface area (Å²) in [5.41, 5.74) is 8.87. The van der Waals surface area contributed by atoms with Crippen LogP contribution in [0.2, 0.25) is 0 Å². The molecule has 0 unspecified atom stereocenters. The normalized spacial score (nSPS) is 11.5. The van der Waals surface area contributed by atoms with E-state index in [-0.39, 0.29) is 17.0 Å². The maximum absolute atomic E-state index is 13.2. The number of carbonyl (C=O) groups is 1. The van der Waals surface area contributed by atoms with Crippen molar-refractivity contribution >= 4 is 28.4 Å². The van der Waals surface area contributed by atoms with Crippen LogP contribution in [0.4, 0.5) is 10.1 Å². The van der Waals surface area contributed by atoms with E-state index < -0.39 is 17.3 Å². The molecule has 29 heavy (non-hydrogen) atoms. The number of hydrogen-bond acceptors (Lipinski definition) is 5. The van der Waals surface area contributed by atoms with Gasteiger partial charge in [-0.2, -0.15) is 5.10 Å². The van der Waals surface area contributed by atoms with Crippen molar-refractivity contribution in [2.24, 2.45) is 10.8 Å². The third-order valence-electron chi connectivity index (χ3n) is 4.49.